The number of rotatable bonds is 5. The van der Waals surface area contributed by atoms with Gasteiger partial charge >= 0.3 is 0 Å². The first-order valence-electron chi connectivity index (χ1n) is 6.35. The summed E-state index contributed by atoms with van der Waals surface area (Å²) in [5.41, 5.74) is 2.07. The zero-order valence-electron chi connectivity index (χ0n) is 11.8. The van der Waals surface area contributed by atoms with E-state index in [4.69, 9.17) is 5.21 Å². The van der Waals surface area contributed by atoms with E-state index >= 15 is 0 Å². The van der Waals surface area contributed by atoms with Crippen LogP contribution in [0.3, 0.4) is 0 Å². The van der Waals surface area contributed by atoms with Crippen molar-refractivity contribution >= 4 is 11.8 Å². The fourth-order valence-electron chi connectivity index (χ4n) is 2.10. The van der Waals surface area contributed by atoms with Gasteiger partial charge in [0.2, 0.25) is 5.91 Å². The van der Waals surface area contributed by atoms with Crippen LogP contribution in [0.15, 0.2) is 24.3 Å². The lowest BCUT2D eigenvalue weighted by Gasteiger charge is -2.29. The van der Waals surface area contributed by atoms with Crippen LogP contribution in [0.4, 0.5) is 0 Å². The molecule has 0 saturated heterocycles. The molecular weight excluding hydrogens is 260 g/mol. The molecule has 0 aromatic heterocycles. The maximum Gasteiger partial charge on any atom is 0.266 e. The second-order valence-electron chi connectivity index (χ2n) is 4.98. The second kappa shape index (κ2) is 6.91. The van der Waals surface area contributed by atoms with Gasteiger partial charge in [-0.2, -0.15) is 0 Å². The van der Waals surface area contributed by atoms with Crippen molar-refractivity contribution in [2.75, 3.05) is 7.05 Å². The van der Waals surface area contributed by atoms with E-state index in [0.717, 1.165) is 0 Å². The topological polar surface area (TPSA) is 89.9 Å². The van der Waals surface area contributed by atoms with Crippen LogP contribution in [0.25, 0.3) is 0 Å². The standard InChI is InChI=1S/C14H20N2O4/c1-9(2)13(14(19)15-20)16(3)12(18)8-10-6-4-5-7-11(10)17/h4-7,9,13,17,20H,8H2,1-3H3,(H,15,19)/t13-/m1/s1. The highest BCUT2D eigenvalue weighted by Crippen LogP contribution is 2.18. The minimum Gasteiger partial charge on any atom is -0.508 e. The summed E-state index contributed by atoms with van der Waals surface area (Å²) in [5, 5.41) is 18.4. The van der Waals surface area contributed by atoms with Gasteiger partial charge in [0.1, 0.15) is 11.8 Å². The number of phenols is 1. The smallest absolute Gasteiger partial charge is 0.266 e. The molecule has 1 aromatic rings. The summed E-state index contributed by atoms with van der Waals surface area (Å²) in [5.74, 6) is -1.05. The molecule has 1 aromatic carbocycles. The molecule has 0 aliphatic carbocycles. The van der Waals surface area contributed by atoms with Gasteiger partial charge < -0.3 is 10.0 Å². The predicted octanol–water partition coefficient (Wildman–Crippen LogP) is 0.923. The monoisotopic (exact) mass is 280 g/mol. The van der Waals surface area contributed by atoms with Crippen molar-refractivity contribution in [1.29, 1.82) is 0 Å². The number of para-hydroxylation sites is 1. The van der Waals surface area contributed by atoms with Crippen LogP contribution in [0.2, 0.25) is 0 Å². The van der Waals surface area contributed by atoms with Crippen molar-refractivity contribution in [2.45, 2.75) is 26.3 Å². The van der Waals surface area contributed by atoms with E-state index < -0.39 is 11.9 Å². The van der Waals surface area contributed by atoms with Crippen molar-refractivity contribution in [3.05, 3.63) is 29.8 Å². The minimum atomic E-state index is -0.765. The number of carbonyl (C=O) groups is 2. The summed E-state index contributed by atoms with van der Waals surface area (Å²) >= 11 is 0. The first kappa shape index (κ1) is 16.0. The Labute approximate surface area is 118 Å². The van der Waals surface area contributed by atoms with Gasteiger partial charge in [0.15, 0.2) is 0 Å². The van der Waals surface area contributed by atoms with Crippen LogP contribution in [-0.2, 0) is 16.0 Å². The lowest BCUT2D eigenvalue weighted by molar-refractivity contribution is -0.144. The number of phenolic OH excluding ortho intramolecular Hbond substituents is 1. The molecule has 0 spiro atoms. The third-order valence-corrected chi connectivity index (χ3v) is 3.15. The molecule has 6 heteroatoms. The Kier molecular flexibility index (Phi) is 5.52. The lowest BCUT2D eigenvalue weighted by Crippen LogP contribution is -2.50. The van der Waals surface area contributed by atoms with E-state index in [1.54, 1.807) is 37.5 Å². The van der Waals surface area contributed by atoms with Gasteiger partial charge in [-0.3, -0.25) is 14.8 Å². The third kappa shape index (κ3) is 3.71. The highest BCUT2D eigenvalue weighted by Gasteiger charge is 2.29. The quantitative estimate of drug-likeness (QED) is 0.552. The molecular formula is C14H20N2O4. The number of carbonyl (C=O) groups excluding carboxylic acids is 2. The first-order chi connectivity index (χ1) is 9.38. The van der Waals surface area contributed by atoms with E-state index in [0.29, 0.717) is 5.56 Å². The molecule has 0 saturated carbocycles. The molecule has 6 nitrogen and oxygen atoms in total. The van der Waals surface area contributed by atoms with Gasteiger partial charge in [-0.15, -0.1) is 0 Å². The van der Waals surface area contributed by atoms with Crippen molar-refractivity contribution in [2.24, 2.45) is 5.92 Å². The number of benzene rings is 1. The van der Waals surface area contributed by atoms with Gasteiger partial charge in [0.25, 0.3) is 5.91 Å². The number of nitrogens with zero attached hydrogens (tertiary/aromatic N) is 1. The molecule has 0 bridgehead atoms. The number of likely N-dealkylation sites (N-methyl/N-ethyl adjacent to an activating group) is 1. The zero-order valence-corrected chi connectivity index (χ0v) is 11.8. The number of amides is 2. The number of hydrogen-bond donors (Lipinski definition) is 3. The van der Waals surface area contributed by atoms with Crippen LogP contribution in [0, 0.1) is 5.92 Å². The summed E-state index contributed by atoms with van der Waals surface area (Å²) in [6, 6.07) is 5.78. The van der Waals surface area contributed by atoms with Crippen molar-refractivity contribution in [1.82, 2.24) is 10.4 Å². The maximum atomic E-state index is 12.2. The fourth-order valence-corrected chi connectivity index (χ4v) is 2.10. The molecule has 0 heterocycles. The number of aromatic hydroxyl groups is 1. The number of hydrogen-bond acceptors (Lipinski definition) is 4. The normalized spacial score (nSPS) is 12.1. The van der Waals surface area contributed by atoms with Crippen molar-refractivity contribution in [3.63, 3.8) is 0 Å². The molecule has 0 fully saturated rings. The number of nitrogens with one attached hydrogen (secondary N) is 1. The molecule has 0 unspecified atom stereocenters. The SMILES string of the molecule is CC(C)[C@H](C(=O)NO)N(C)C(=O)Cc1ccccc1O. The lowest BCUT2D eigenvalue weighted by atomic mass is 10.0. The van der Waals surface area contributed by atoms with Crippen LogP contribution in [0.5, 0.6) is 5.75 Å². The Balaban J connectivity index is 2.85. The fraction of sp³-hybridized carbons (Fsp3) is 0.429. The van der Waals surface area contributed by atoms with E-state index in [2.05, 4.69) is 0 Å². The summed E-state index contributed by atoms with van der Waals surface area (Å²) in [6.45, 7) is 3.56. The predicted molar refractivity (Wildman–Crippen MR) is 73.1 cm³/mol. The second-order valence-corrected chi connectivity index (χ2v) is 4.98. The maximum absolute atomic E-state index is 12.2. The first-order valence-corrected chi connectivity index (χ1v) is 6.35. The van der Waals surface area contributed by atoms with Crippen molar-refractivity contribution in [3.8, 4) is 5.75 Å². The zero-order chi connectivity index (χ0) is 15.3. The molecule has 3 N–H and O–H groups in total. The number of hydroxylamine groups is 1. The summed E-state index contributed by atoms with van der Waals surface area (Å²) in [6.07, 6.45) is -0.00883. The molecule has 20 heavy (non-hydrogen) atoms. The molecule has 0 aliphatic heterocycles. The molecule has 1 atom stereocenters. The Morgan fingerprint density at radius 1 is 1.30 bits per heavy atom. The van der Waals surface area contributed by atoms with E-state index in [-0.39, 0.29) is 24.0 Å². The summed E-state index contributed by atoms with van der Waals surface area (Å²) < 4.78 is 0. The summed E-state index contributed by atoms with van der Waals surface area (Å²) in [4.78, 5) is 25.1. The Hall–Kier alpha value is -2.08. The van der Waals surface area contributed by atoms with Gasteiger partial charge in [0, 0.05) is 12.6 Å². The van der Waals surface area contributed by atoms with Crippen LogP contribution in [-0.4, -0.2) is 40.1 Å². The van der Waals surface area contributed by atoms with Crippen LogP contribution >= 0.6 is 0 Å². The van der Waals surface area contributed by atoms with Gasteiger partial charge in [0.05, 0.1) is 6.42 Å². The molecule has 110 valence electrons. The highest BCUT2D eigenvalue weighted by molar-refractivity contribution is 5.88. The largest absolute Gasteiger partial charge is 0.508 e. The average molecular weight is 280 g/mol. The van der Waals surface area contributed by atoms with E-state index in [1.165, 1.54) is 18.0 Å². The average Bonchev–Trinajstić information content (AvgIpc) is 2.40. The van der Waals surface area contributed by atoms with E-state index in [9.17, 15) is 14.7 Å². The molecule has 0 aliphatic rings. The van der Waals surface area contributed by atoms with Gasteiger partial charge in [-0.1, -0.05) is 32.0 Å². The van der Waals surface area contributed by atoms with Crippen LogP contribution in [0.1, 0.15) is 19.4 Å². The Morgan fingerprint density at radius 3 is 2.40 bits per heavy atom. The van der Waals surface area contributed by atoms with Gasteiger partial charge in [-0.05, 0) is 12.0 Å². The van der Waals surface area contributed by atoms with Crippen molar-refractivity contribution < 1.29 is 19.9 Å². The van der Waals surface area contributed by atoms with E-state index in [1.807, 2.05) is 0 Å². The van der Waals surface area contributed by atoms with Gasteiger partial charge in [-0.25, -0.2) is 5.48 Å². The Morgan fingerprint density at radius 2 is 1.90 bits per heavy atom. The molecule has 1 rings (SSSR count). The molecule has 2 amide bonds. The highest BCUT2D eigenvalue weighted by atomic mass is 16.5. The third-order valence-electron chi connectivity index (χ3n) is 3.15. The molecule has 0 radical (unpaired) electrons. The van der Waals surface area contributed by atoms with Crippen LogP contribution < -0.4 is 5.48 Å². The summed E-state index contributed by atoms with van der Waals surface area (Å²) in [7, 11) is 1.50. The minimum absolute atomic E-state index is 0.00883. The Bertz CT molecular complexity index is 488.